The van der Waals surface area contributed by atoms with E-state index in [0.717, 1.165) is 30.8 Å². The van der Waals surface area contributed by atoms with Crippen LogP contribution >= 0.6 is 11.3 Å². The molecule has 1 aromatic carbocycles. The largest absolute Gasteiger partial charge is 0.449 e. The molecule has 0 unspecified atom stereocenters. The van der Waals surface area contributed by atoms with Crippen LogP contribution in [0.5, 0.6) is 5.75 Å². The van der Waals surface area contributed by atoms with Gasteiger partial charge in [-0.15, -0.1) is 11.3 Å². The summed E-state index contributed by atoms with van der Waals surface area (Å²) in [6.45, 7) is 1.48. The highest BCUT2D eigenvalue weighted by molar-refractivity contribution is 7.10. The molecule has 6 nitrogen and oxygen atoms in total. The molecule has 2 amide bonds. The van der Waals surface area contributed by atoms with Crippen LogP contribution in [0.15, 0.2) is 41.5 Å². The van der Waals surface area contributed by atoms with Crippen LogP contribution in [0, 0.1) is 0 Å². The molecule has 2 aromatic rings. The lowest BCUT2D eigenvalue weighted by atomic mass is 10.2. The minimum atomic E-state index is -0.330. The number of nitrogen functional groups attached to an aromatic ring is 1. The van der Waals surface area contributed by atoms with Crippen LogP contribution in [0.1, 0.15) is 17.7 Å². The first-order chi connectivity index (χ1) is 12.6. The molecule has 4 rings (SSSR count). The van der Waals surface area contributed by atoms with Crippen LogP contribution in [-0.4, -0.2) is 36.3 Å². The van der Waals surface area contributed by atoms with Crippen molar-refractivity contribution in [3.8, 4) is 5.75 Å². The van der Waals surface area contributed by atoms with Crippen molar-refractivity contribution < 1.29 is 14.3 Å². The fraction of sp³-hybridized carbons (Fsp3) is 0.263. The van der Waals surface area contributed by atoms with Gasteiger partial charge in [-0.05, 0) is 42.5 Å². The van der Waals surface area contributed by atoms with Gasteiger partial charge in [0.2, 0.25) is 5.91 Å². The monoisotopic (exact) mass is 369 g/mol. The number of carbonyl (C=O) groups excluding carboxylic acids is 2. The zero-order valence-electron chi connectivity index (χ0n) is 14.2. The van der Waals surface area contributed by atoms with Gasteiger partial charge in [-0.1, -0.05) is 6.07 Å². The molecule has 134 valence electrons. The third-order valence-electron chi connectivity index (χ3n) is 4.52. The minimum Gasteiger partial charge on any atom is -0.449 e. The standard InChI is InChI=1S/C19H19N3O3S/c20-13-5-6-16-15(10-13)22(12-18(23)21-7-1-2-8-21)19(24)17(25-16)11-14-4-3-9-26-14/h3-6,9-11H,1-2,7-8,12,20H2/b17-11+. The van der Waals surface area contributed by atoms with Crippen molar-refractivity contribution >= 4 is 40.6 Å². The Morgan fingerprint density at radius 2 is 2.08 bits per heavy atom. The number of nitrogens with zero attached hydrogens (tertiary/aromatic N) is 2. The van der Waals surface area contributed by atoms with Crippen LogP contribution in [0.3, 0.4) is 0 Å². The lowest BCUT2D eigenvalue weighted by Crippen LogP contribution is -2.45. The number of rotatable bonds is 3. The highest BCUT2D eigenvalue weighted by Crippen LogP contribution is 2.37. The Balaban J connectivity index is 1.68. The molecule has 0 atom stereocenters. The summed E-state index contributed by atoms with van der Waals surface area (Å²) in [6, 6.07) is 8.94. The number of anilines is 2. The SMILES string of the molecule is Nc1ccc2c(c1)N(CC(=O)N1CCCC1)C(=O)/C(=C\c1cccs1)O2. The third kappa shape index (κ3) is 3.17. The number of thiophene rings is 1. The number of benzene rings is 1. The zero-order chi connectivity index (χ0) is 18.1. The van der Waals surface area contributed by atoms with E-state index in [1.54, 1.807) is 29.2 Å². The first kappa shape index (κ1) is 16.7. The Morgan fingerprint density at radius 1 is 1.27 bits per heavy atom. The predicted molar refractivity (Wildman–Crippen MR) is 102 cm³/mol. The second kappa shape index (κ2) is 6.84. The van der Waals surface area contributed by atoms with Gasteiger partial charge in [0.25, 0.3) is 5.91 Å². The summed E-state index contributed by atoms with van der Waals surface area (Å²) in [4.78, 5) is 29.8. The number of hydrogen-bond acceptors (Lipinski definition) is 5. The molecule has 0 radical (unpaired) electrons. The van der Waals surface area contributed by atoms with Crippen molar-refractivity contribution in [2.45, 2.75) is 12.8 Å². The highest BCUT2D eigenvalue weighted by atomic mass is 32.1. The summed E-state index contributed by atoms with van der Waals surface area (Å²) < 4.78 is 5.81. The van der Waals surface area contributed by atoms with Crippen LogP contribution in [0.4, 0.5) is 11.4 Å². The van der Waals surface area contributed by atoms with Gasteiger partial charge in [0, 0.05) is 29.7 Å². The first-order valence-corrected chi connectivity index (χ1v) is 9.42. The Morgan fingerprint density at radius 3 is 2.81 bits per heavy atom. The molecule has 0 bridgehead atoms. The molecule has 1 saturated heterocycles. The molecule has 0 spiro atoms. The van der Waals surface area contributed by atoms with E-state index in [2.05, 4.69) is 0 Å². The van der Waals surface area contributed by atoms with Crippen molar-refractivity contribution in [2.24, 2.45) is 0 Å². The molecule has 1 fully saturated rings. The number of ether oxygens (including phenoxy) is 1. The number of carbonyl (C=O) groups is 2. The lowest BCUT2D eigenvalue weighted by molar-refractivity contribution is -0.130. The Hall–Kier alpha value is -2.80. The van der Waals surface area contributed by atoms with E-state index >= 15 is 0 Å². The van der Waals surface area contributed by atoms with Gasteiger partial charge in [-0.3, -0.25) is 14.5 Å². The predicted octanol–water partition coefficient (Wildman–Crippen LogP) is 2.72. The topological polar surface area (TPSA) is 75.9 Å². The summed E-state index contributed by atoms with van der Waals surface area (Å²) >= 11 is 1.52. The Labute approximate surface area is 155 Å². The van der Waals surface area contributed by atoms with E-state index in [1.807, 2.05) is 17.5 Å². The van der Waals surface area contributed by atoms with Gasteiger partial charge in [-0.25, -0.2) is 0 Å². The molecular formula is C19H19N3O3S. The number of hydrogen-bond donors (Lipinski definition) is 1. The molecule has 3 heterocycles. The van der Waals surface area contributed by atoms with Crippen LogP contribution in [0.2, 0.25) is 0 Å². The van der Waals surface area contributed by atoms with Crippen LogP contribution in [-0.2, 0) is 9.59 Å². The fourth-order valence-electron chi connectivity index (χ4n) is 3.19. The minimum absolute atomic E-state index is 0.0135. The van der Waals surface area contributed by atoms with Crippen molar-refractivity contribution in [3.05, 3.63) is 46.3 Å². The lowest BCUT2D eigenvalue weighted by Gasteiger charge is -2.31. The van der Waals surface area contributed by atoms with Crippen molar-refractivity contribution in [3.63, 3.8) is 0 Å². The summed E-state index contributed by atoms with van der Waals surface area (Å²) in [5, 5.41) is 1.93. The maximum Gasteiger partial charge on any atom is 0.294 e. The average molecular weight is 369 g/mol. The van der Waals surface area contributed by atoms with Crippen molar-refractivity contribution in [1.82, 2.24) is 4.90 Å². The zero-order valence-corrected chi connectivity index (χ0v) is 15.0. The third-order valence-corrected chi connectivity index (χ3v) is 5.34. The Kier molecular flexibility index (Phi) is 4.38. The number of nitrogens with two attached hydrogens (primary N) is 1. The smallest absolute Gasteiger partial charge is 0.294 e. The van der Waals surface area contributed by atoms with E-state index in [1.165, 1.54) is 16.2 Å². The number of likely N-dealkylation sites (tertiary alicyclic amines) is 1. The van der Waals surface area contributed by atoms with E-state index in [-0.39, 0.29) is 24.1 Å². The number of fused-ring (bicyclic) bond motifs is 1. The van der Waals surface area contributed by atoms with Gasteiger partial charge in [-0.2, -0.15) is 0 Å². The molecular weight excluding hydrogens is 350 g/mol. The van der Waals surface area contributed by atoms with Gasteiger partial charge < -0.3 is 15.4 Å². The van der Waals surface area contributed by atoms with Gasteiger partial charge >= 0.3 is 0 Å². The molecule has 1 aromatic heterocycles. The Bertz CT molecular complexity index is 870. The van der Waals surface area contributed by atoms with E-state index < -0.39 is 0 Å². The molecule has 26 heavy (non-hydrogen) atoms. The van der Waals surface area contributed by atoms with Crippen LogP contribution < -0.4 is 15.4 Å². The highest BCUT2D eigenvalue weighted by Gasteiger charge is 2.33. The van der Waals surface area contributed by atoms with Crippen molar-refractivity contribution in [2.75, 3.05) is 30.3 Å². The van der Waals surface area contributed by atoms with E-state index in [0.29, 0.717) is 17.1 Å². The summed E-state index contributed by atoms with van der Waals surface area (Å²) in [5.41, 5.74) is 6.94. The van der Waals surface area contributed by atoms with Gasteiger partial charge in [0.15, 0.2) is 11.5 Å². The van der Waals surface area contributed by atoms with Crippen molar-refractivity contribution in [1.29, 1.82) is 0 Å². The maximum absolute atomic E-state index is 13.0. The molecule has 0 aliphatic carbocycles. The van der Waals surface area contributed by atoms with Gasteiger partial charge in [0.1, 0.15) is 6.54 Å². The molecule has 2 aliphatic heterocycles. The van der Waals surface area contributed by atoms with E-state index in [9.17, 15) is 9.59 Å². The maximum atomic E-state index is 13.0. The fourth-order valence-corrected chi connectivity index (χ4v) is 3.84. The van der Waals surface area contributed by atoms with Crippen LogP contribution in [0.25, 0.3) is 6.08 Å². The molecule has 7 heteroatoms. The second-order valence-electron chi connectivity index (χ2n) is 6.33. The van der Waals surface area contributed by atoms with Gasteiger partial charge in [0.05, 0.1) is 5.69 Å². The first-order valence-electron chi connectivity index (χ1n) is 8.54. The normalized spacial score (nSPS) is 18.2. The molecule has 0 saturated carbocycles. The van der Waals surface area contributed by atoms with E-state index in [4.69, 9.17) is 10.5 Å². The molecule has 2 aliphatic rings. The quantitative estimate of drug-likeness (QED) is 0.667. The molecule has 2 N–H and O–H groups in total. The summed E-state index contributed by atoms with van der Waals surface area (Å²) in [5.74, 6) is 0.348. The summed E-state index contributed by atoms with van der Waals surface area (Å²) in [7, 11) is 0. The average Bonchev–Trinajstić information content (AvgIpc) is 3.32. The number of amides is 2. The second-order valence-corrected chi connectivity index (χ2v) is 7.31. The summed E-state index contributed by atoms with van der Waals surface area (Å²) in [6.07, 6.45) is 3.73.